The Kier molecular flexibility index (Phi) is 14.9. The smallest absolute Gasteiger partial charge is 0.291 e. The Hall–Kier alpha value is -4.22. The number of likely N-dealkylation sites (tertiary alicyclic amines) is 1. The zero-order chi connectivity index (χ0) is 34.3. The van der Waals surface area contributed by atoms with Gasteiger partial charge in [0.05, 0.1) is 0 Å². The number of ether oxygens (including phenoxy) is 1. The number of carbonyl (C=O) groups excluding carboxylic acids is 2. The van der Waals surface area contributed by atoms with Crippen molar-refractivity contribution in [3.05, 3.63) is 81.3 Å². The third kappa shape index (κ3) is 10.7. The van der Waals surface area contributed by atoms with E-state index in [0.29, 0.717) is 30.1 Å². The Labute approximate surface area is 279 Å². The predicted molar refractivity (Wildman–Crippen MR) is 189 cm³/mol. The fourth-order valence-corrected chi connectivity index (χ4v) is 5.81. The highest BCUT2D eigenvalue weighted by Crippen LogP contribution is 2.24. The van der Waals surface area contributed by atoms with Crippen LogP contribution in [0.3, 0.4) is 0 Å². The van der Waals surface area contributed by atoms with Gasteiger partial charge in [0, 0.05) is 44.3 Å². The summed E-state index contributed by atoms with van der Waals surface area (Å²) in [7, 11) is 3.67. The number of anilines is 2. The van der Waals surface area contributed by atoms with Crippen molar-refractivity contribution in [2.75, 3.05) is 57.5 Å². The summed E-state index contributed by atoms with van der Waals surface area (Å²) < 4.78 is 5.66. The molecule has 0 spiro atoms. The fourth-order valence-electron chi connectivity index (χ4n) is 5.81. The van der Waals surface area contributed by atoms with E-state index in [9.17, 15) is 14.4 Å². The molecule has 3 aromatic rings. The minimum atomic E-state index is -0.442. The van der Waals surface area contributed by atoms with E-state index in [1.165, 1.54) is 26.3 Å². The molecule has 47 heavy (non-hydrogen) atoms. The number of carbonyl (C=O) groups is 2. The minimum absolute atomic E-state index is 0.0169. The number of amides is 1. The van der Waals surface area contributed by atoms with Crippen molar-refractivity contribution in [2.24, 2.45) is 0 Å². The third-order valence-corrected chi connectivity index (χ3v) is 8.45. The average molecular weight is 648 g/mol. The van der Waals surface area contributed by atoms with Crippen molar-refractivity contribution in [2.45, 2.75) is 72.1 Å². The van der Waals surface area contributed by atoms with E-state index >= 15 is 0 Å². The number of piperidine rings is 1. The van der Waals surface area contributed by atoms with Gasteiger partial charge in [0.2, 0.25) is 0 Å². The van der Waals surface area contributed by atoms with Crippen molar-refractivity contribution in [1.29, 1.82) is 0 Å². The molecule has 2 aliphatic rings. The van der Waals surface area contributed by atoms with Gasteiger partial charge in [0.25, 0.3) is 11.5 Å². The first-order valence-electron chi connectivity index (χ1n) is 16.7. The molecular weight excluding hydrogens is 594 g/mol. The molecule has 2 aliphatic heterocycles. The minimum Gasteiger partial charge on any atom is -0.489 e. The van der Waals surface area contributed by atoms with Crippen LogP contribution in [-0.4, -0.2) is 90.9 Å². The quantitative estimate of drug-likeness (QED) is 0.302. The maximum atomic E-state index is 12.5. The number of piperazine rings is 1. The van der Waals surface area contributed by atoms with Crippen LogP contribution in [0.1, 0.15) is 78.4 Å². The van der Waals surface area contributed by atoms with E-state index in [1.807, 2.05) is 54.3 Å². The summed E-state index contributed by atoms with van der Waals surface area (Å²) in [6.07, 6.45) is 5.52. The van der Waals surface area contributed by atoms with E-state index < -0.39 is 5.91 Å². The third-order valence-electron chi connectivity index (χ3n) is 8.45. The molecule has 2 aromatic carbocycles. The number of benzene rings is 2. The number of nitrogen functional groups attached to an aromatic ring is 1. The molecule has 0 saturated carbocycles. The van der Waals surface area contributed by atoms with Crippen molar-refractivity contribution < 1.29 is 14.3 Å². The Morgan fingerprint density at radius 2 is 1.77 bits per heavy atom. The summed E-state index contributed by atoms with van der Waals surface area (Å²) in [6, 6.07) is 16.5. The van der Waals surface area contributed by atoms with Gasteiger partial charge in [-0.05, 0) is 75.6 Å². The Bertz CT molecular complexity index is 1470. The second kappa shape index (κ2) is 18.8. The molecule has 256 valence electrons. The zero-order valence-corrected chi connectivity index (χ0v) is 28.9. The molecule has 0 radical (unpaired) electrons. The summed E-state index contributed by atoms with van der Waals surface area (Å²) in [5, 5.41) is 2.46. The monoisotopic (exact) mass is 647 g/mol. The van der Waals surface area contributed by atoms with E-state index in [0.717, 1.165) is 62.3 Å². The maximum Gasteiger partial charge on any atom is 0.291 e. The predicted octanol–water partition coefficient (Wildman–Crippen LogP) is 4.51. The number of aldehydes is 1. The number of aromatic nitrogens is 2. The van der Waals surface area contributed by atoms with E-state index in [2.05, 4.69) is 52.9 Å². The maximum absolute atomic E-state index is 12.5. The molecule has 11 heteroatoms. The summed E-state index contributed by atoms with van der Waals surface area (Å²) in [5.74, 6) is 0.704. The molecule has 0 aliphatic carbocycles. The number of rotatable bonds is 8. The van der Waals surface area contributed by atoms with Crippen molar-refractivity contribution in [3.8, 4) is 5.75 Å². The first-order chi connectivity index (χ1) is 22.6. The van der Waals surface area contributed by atoms with E-state index in [-0.39, 0.29) is 17.1 Å². The molecule has 4 N–H and O–H groups in total. The van der Waals surface area contributed by atoms with Crippen LogP contribution in [0.25, 0.3) is 0 Å². The molecule has 2 saturated heterocycles. The zero-order valence-electron chi connectivity index (χ0n) is 28.9. The van der Waals surface area contributed by atoms with Crippen LogP contribution in [0, 0.1) is 6.92 Å². The molecule has 0 bridgehead atoms. The molecular formula is C36H53N7O4. The summed E-state index contributed by atoms with van der Waals surface area (Å²) in [6.45, 7) is 13.6. The van der Waals surface area contributed by atoms with Crippen LogP contribution in [0.15, 0.2) is 53.3 Å². The normalized spacial score (nSPS) is 17.1. The second-order valence-corrected chi connectivity index (χ2v) is 12.1. The van der Waals surface area contributed by atoms with Gasteiger partial charge in [-0.25, -0.2) is 4.98 Å². The second-order valence-electron chi connectivity index (χ2n) is 12.1. The van der Waals surface area contributed by atoms with Gasteiger partial charge < -0.3 is 30.6 Å². The Balaban J connectivity index is 0.000000257. The summed E-state index contributed by atoms with van der Waals surface area (Å²) >= 11 is 0. The fraction of sp³-hybridized carbons (Fsp3) is 0.500. The molecule has 1 atom stereocenters. The van der Waals surface area contributed by atoms with E-state index in [4.69, 9.17) is 10.5 Å². The summed E-state index contributed by atoms with van der Waals surface area (Å²) in [4.78, 5) is 48.8. The van der Waals surface area contributed by atoms with Gasteiger partial charge in [-0.2, -0.15) is 0 Å². The van der Waals surface area contributed by atoms with E-state index in [1.54, 1.807) is 6.07 Å². The number of hydrogen-bond donors (Lipinski definition) is 3. The molecule has 11 nitrogen and oxygen atoms in total. The van der Waals surface area contributed by atoms with Gasteiger partial charge in [0.15, 0.2) is 11.6 Å². The highest BCUT2D eigenvalue weighted by Gasteiger charge is 2.34. The lowest BCUT2D eigenvalue weighted by atomic mass is 9.98. The van der Waals surface area contributed by atoms with Crippen LogP contribution >= 0.6 is 0 Å². The average Bonchev–Trinajstić information content (AvgIpc) is 3.09. The van der Waals surface area contributed by atoms with Crippen molar-refractivity contribution in [3.63, 3.8) is 0 Å². The number of nitrogens with two attached hydrogens (primary N) is 1. The van der Waals surface area contributed by atoms with Crippen LogP contribution in [0.2, 0.25) is 0 Å². The van der Waals surface area contributed by atoms with Gasteiger partial charge in [-0.1, -0.05) is 57.5 Å². The van der Waals surface area contributed by atoms with Crippen molar-refractivity contribution >= 4 is 23.8 Å². The number of nitrogens with zero attached hydrogens (tertiary/aromatic N) is 4. The largest absolute Gasteiger partial charge is 0.489 e. The first-order valence-corrected chi connectivity index (χ1v) is 16.7. The lowest BCUT2D eigenvalue weighted by molar-refractivity contribution is 0.0700. The lowest BCUT2D eigenvalue weighted by Gasteiger charge is -2.47. The number of aryl methyl sites for hydroxylation is 1. The molecule has 5 rings (SSSR count). The number of hydrogen-bond acceptors (Lipinski definition) is 9. The summed E-state index contributed by atoms with van der Waals surface area (Å²) in [5.41, 5.74) is 8.33. The van der Waals surface area contributed by atoms with Gasteiger partial charge in [-0.15, -0.1) is 0 Å². The Morgan fingerprint density at radius 3 is 2.36 bits per heavy atom. The highest BCUT2D eigenvalue weighted by atomic mass is 16.5. The SMILES string of the molecule is CCC.CCC1CN(c2nc(N)c(C(=O)NC)[nH]c2=O)CCN1C1CCN(C)CC1.Cc1cc(OCc2ccccc2)ccc1C=O. The van der Waals surface area contributed by atoms with Gasteiger partial charge in [-0.3, -0.25) is 19.3 Å². The van der Waals surface area contributed by atoms with Crippen LogP contribution in [0.5, 0.6) is 5.75 Å². The molecule has 3 heterocycles. The van der Waals surface area contributed by atoms with Crippen molar-refractivity contribution in [1.82, 2.24) is 25.1 Å². The molecule has 1 unspecified atom stereocenters. The lowest BCUT2D eigenvalue weighted by Crippen LogP contribution is -2.59. The van der Waals surface area contributed by atoms with Crippen LogP contribution < -0.4 is 26.2 Å². The topological polar surface area (TPSA) is 137 Å². The number of nitrogens with one attached hydrogen (secondary N) is 2. The number of aromatic amines is 1. The standard InChI is InChI=1S/C18H31N7O2.C15H14O2.C3H8/c1-4-12-11-24(9-10-25(12)13-5-7-23(3)8-6-13)16-18(27)21-14(15(19)22-16)17(26)20-2;1-12-9-15(8-7-14(12)10-16)17-11-13-5-3-2-4-6-13;1-3-2/h12-13H,4-11H2,1-3H3,(H2,19,22)(H,20,26)(H,21,27);2-10H,11H2,1H3;3H2,1-2H3. The highest BCUT2D eigenvalue weighted by molar-refractivity contribution is 5.96. The van der Waals surface area contributed by atoms with Gasteiger partial charge in [0.1, 0.15) is 24.3 Å². The first kappa shape index (κ1) is 37.2. The van der Waals surface area contributed by atoms with Crippen LogP contribution in [-0.2, 0) is 6.61 Å². The number of H-pyrrole nitrogens is 1. The molecule has 2 fully saturated rings. The van der Waals surface area contributed by atoms with Gasteiger partial charge >= 0.3 is 0 Å². The molecule has 1 aromatic heterocycles. The Morgan fingerprint density at radius 1 is 1.09 bits per heavy atom. The van der Waals surface area contributed by atoms with Crippen LogP contribution in [0.4, 0.5) is 11.6 Å². The molecule has 1 amide bonds.